The molecule has 0 bridgehead atoms. The molecule has 1 atom stereocenters. The van der Waals surface area contributed by atoms with E-state index < -0.39 is 6.04 Å². The van der Waals surface area contributed by atoms with Crippen LogP contribution in [0.2, 0.25) is 0 Å². The number of rotatable bonds is 10. The third-order valence-corrected chi connectivity index (χ3v) is 5.68. The average Bonchev–Trinajstić information content (AvgIpc) is 2.75. The summed E-state index contributed by atoms with van der Waals surface area (Å²) < 4.78 is 11.9. The van der Waals surface area contributed by atoms with Crippen molar-refractivity contribution in [2.75, 3.05) is 13.7 Å². The summed E-state index contributed by atoms with van der Waals surface area (Å²) in [5.74, 6) is 1.18. The maximum atomic E-state index is 13.2. The Morgan fingerprint density at radius 3 is 2.38 bits per heavy atom. The number of nitrogens with one attached hydrogen (secondary N) is 1. The van der Waals surface area contributed by atoms with Gasteiger partial charge in [-0.2, -0.15) is 0 Å². The van der Waals surface area contributed by atoms with Gasteiger partial charge in [-0.3, -0.25) is 9.59 Å². The van der Waals surface area contributed by atoms with Gasteiger partial charge >= 0.3 is 0 Å². The molecule has 32 heavy (non-hydrogen) atoms. The monoisotopic (exact) mass is 504 g/mol. The van der Waals surface area contributed by atoms with Gasteiger partial charge in [0.2, 0.25) is 5.91 Å². The van der Waals surface area contributed by atoms with Gasteiger partial charge in [-0.25, -0.2) is 0 Å². The van der Waals surface area contributed by atoms with Crippen molar-refractivity contribution in [3.05, 3.63) is 58.1 Å². The molecule has 0 spiro atoms. The average molecular weight is 505 g/mol. The summed E-state index contributed by atoms with van der Waals surface area (Å²) in [6.45, 7) is 9.82. The molecule has 0 heterocycles. The van der Waals surface area contributed by atoms with E-state index in [1.165, 1.54) is 10.5 Å². The lowest BCUT2D eigenvalue weighted by atomic mass is 10.0. The minimum atomic E-state index is -0.661. The molecule has 0 aromatic heterocycles. The lowest BCUT2D eigenvalue weighted by Gasteiger charge is -2.29. The van der Waals surface area contributed by atoms with Gasteiger partial charge in [-0.05, 0) is 78.0 Å². The van der Waals surface area contributed by atoms with Crippen molar-refractivity contribution in [1.82, 2.24) is 10.2 Å². The Balaban J connectivity index is 2.19. The zero-order chi connectivity index (χ0) is 23.8. The number of halogens is 1. The van der Waals surface area contributed by atoms with Crippen LogP contribution in [0.1, 0.15) is 51.7 Å². The Hall–Kier alpha value is -2.54. The van der Waals surface area contributed by atoms with E-state index in [1.54, 1.807) is 14.0 Å². The Labute approximate surface area is 199 Å². The Bertz CT molecular complexity index is 930. The molecule has 174 valence electrons. The molecule has 0 unspecified atom stereocenters. The normalized spacial score (nSPS) is 11.9. The van der Waals surface area contributed by atoms with Crippen LogP contribution in [-0.4, -0.2) is 42.5 Å². The zero-order valence-electron chi connectivity index (χ0n) is 19.6. The summed E-state index contributed by atoms with van der Waals surface area (Å²) in [6.07, 6.45) is 0. The van der Waals surface area contributed by atoms with Crippen LogP contribution in [-0.2, 0) is 16.1 Å². The predicted octanol–water partition coefficient (Wildman–Crippen LogP) is 4.90. The number of benzene rings is 2. The van der Waals surface area contributed by atoms with Gasteiger partial charge in [0.1, 0.15) is 17.5 Å². The van der Waals surface area contributed by atoms with Crippen LogP contribution in [0.3, 0.4) is 0 Å². The number of nitrogens with zero attached hydrogens (tertiary/aromatic N) is 1. The number of amides is 2. The minimum absolute atomic E-state index is 0.0228. The molecule has 2 aromatic rings. The van der Waals surface area contributed by atoms with Crippen LogP contribution in [0.5, 0.6) is 11.5 Å². The number of ether oxygens (including phenoxy) is 2. The van der Waals surface area contributed by atoms with Crippen molar-refractivity contribution in [2.24, 2.45) is 0 Å². The number of carbonyl (C=O) groups is 2. The molecule has 7 heteroatoms. The second kappa shape index (κ2) is 11.9. The van der Waals surface area contributed by atoms with Gasteiger partial charge < -0.3 is 19.7 Å². The van der Waals surface area contributed by atoms with Crippen molar-refractivity contribution >= 4 is 27.7 Å². The Morgan fingerprint density at radius 1 is 1.06 bits per heavy atom. The number of methoxy groups -OCH3 is 1. The lowest BCUT2D eigenvalue weighted by molar-refractivity contribution is -0.142. The number of hydrogen-bond donors (Lipinski definition) is 1. The molecular formula is C25H33BrN2O4. The first kappa shape index (κ1) is 25.7. The van der Waals surface area contributed by atoms with Crippen LogP contribution in [0.25, 0.3) is 0 Å². The fraction of sp³-hybridized carbons (Fsp3) is 0.440. The third-order valence-electron chi connectivity index (χ3n) is 5.06. The molecule has 0 saturated carbocycles. The Morgan fingerprint density at radius 2 is 1.78 bits per heavy atom. The molecule has 1 N–H and O–H groups in total. The molecule has 2 amide bonds. The highest BCUT2D eigenvalue weighted by Gasteiger charge is 2.27. The van der Waals surface area contributed by atoms with Crippen molar-refractivity contribution < 1.29 is 19.1 Å². The van der Waals surface area contributed by atoms with Gasteiger partial charge in [-0.1, -0.05) is 32.0 Å². The predicted molar refractivity (Wildman–Crippen MR) is 130 cm³/mol. The molecule has 0 aliphatic rings. The van der Waals surface area contributed by atoms with Crippen LogP contribution in [0.15, 0.2) is 46.9 Å². The van der Waals surface area contributed by atoms with Gasteiger partial charge in [0, 0.05) is 12.6 Å². The summed E-state index contributed by atoms with van der Waals surface area (Å²) in [4.78, 5) is 27.4. The maximum Gasteiger partial charge on any atom is 0.261 e. The van der Waals surface area contributed by atoms with E-state index in [9.17, 15) is 9.59 Å². The number of carbonyl (C=O) groups excluding carboxylic acids is 2. The van der Waals surface area contributed by atoms with Gasteiger partial charge in [0.05, 0.1) is 11.6 Å². The smallest absolute Gasteiger partial charge is 0.261 e. The highest BCUT2D eigenvalue weighted by atomic mass is 79.9. The first-order valence-corrected chi connectivity index (χ1v) is 11.6. The minimum Gasteiger partial charge on any atom is -0.497 e. The van der Waals surface area contributed by atoms with Crippen molar-refractivity contribution in [2.45, 2.75) is 59.2 Å². The highest BCUT2D eigenvalue weighted by Crippen LogP contribution is 2.29. The summed E-state index contributed by atoms with van der Waals surface area (Å²) in [5, 5.41) is 2.88. The first-order chi connectivity index (χ1) is 15.1. The molecule has 0 radical (unpaired) electrons. The van der Waals surface area contributed by atoms with E-state index in [0.29, 0.717) is 17.4 Å². The molecule has 0 aliphatic carbocycles. The fourth-order valence-corrected chi connectivity index (χ4v) is 3.68. The van der Waals surface area contributed by atoms with E-state index in [1.807, 2.05) is 56.3 Å². The first-order valence-electron chi connectivity index (χ1n) is 10.8. The standard InChI is InChI=1S/C25H33BrN2O4/c1-16(2)20-10-11-23(22(26)13-20)32-15-24(29)28(18(5)25(30)27-17(3)4)14-19-8-7-9-21(12-19)31-6/h7-13,16-18H,14-15H2,1-6H3,(H,27,30)/t18-/m0/s1. The van der Waals surface area contributed by atoms with Gasteiger partial charge in [0.25, 0.3) is 5.91 Å². The zero-order valence-corrected chi connectivity index (χ0v) is 21.2. The summed E-state index contributed by atoms with van der Waals surface area (Å²) in [6, 6.07) is 12.6. The van der Waals surface area contributed by atoms with Crippen molar-refractivity contribution in [3.8, 4) is 11.5 Å². The molecule has 0 saturated heterocycles. The molecule has 0 aliphatic heterocycles. The summed E-state index contributed by atoms with van der Waals surface area (Å²) in [5.41, 5.74) is 2.04. The molecular weight excluding hydrogens is 472 g/mol. The maximum absolute atomic E-state index is 13.2. The van der Waals surface area contributed by atoms with E-state index >= 15 is 0 Å². The molecule has 2 rings (SSSR count). The van der Waals surface area contributed by atoms with E-state index in [4.69, 9.17) is 9.47 Å². The molecule has 0 fully saturated rings. The molecule has 6 nitrogen and oxygen atoms in total. The van der Waals surface area contributed by atoms with E-state index in [2.05, 4.69) is 35.1 Å². The molecule has 2 aromatic carbocycles. The van der Waals surface area contributed by atoms with E-state index in [0.717, 1.165) is 10.0 Å². The summed E-state index contributed by atoms with van der Waals surface area (Å²) >= 11 is 3.52. The second-order valence-corrected chi connectivity index (χ2v) is 9.20. The van der Waals surface area contributed by atoms with Gasteiger partial charge in [0.15, 0.2) is 6.61 Å². The van der Waals surface area contributed by atoms with E-state index in [-0.39, 0.29) is 31.0 Å². The van der Waals surface area contributed by atoms with Crippen molar-refractivity contribution in [3.63, 3.8) is 0 Å². The SMILES string of the molecule is COc1cccc(CN(C(=O)COc2ccc(C(C)C)cc2Br)[C@@H](C)C(=O)NC(C)C)c1. The highest BCUT2D eigenvalue weighted by molar-refractivity contribution is 9.10. The second-order valence-electron chi connectivity index (χ2n) is 8.35. The lowest BCUT2D eigenvalue weighted by Crippen LogP contribution is -2.50. The Kier molecular flexibility index (Phi) is 9.57. The van der Waals surface area contributed by atoms with Gasteiger partial charge in [-0.15, -0.1) is 0 Å². The third kappa shape index (κ3) is 7.26. The summed E-state index contributed by atoms with van der Waals surface area (Å²) in [7, 11) is 1.59. The quantitative estimate of drug-likeness (QED) is 0.499. The largest absolute Gasteiger partial charge is 0.497 e. The number of hydrogen-bond acceptors (Lipinski definition) is 4. The fourth-order valence-electron chi connectivity index (χ4n) is 3.17. The van der Waals surface area contributed by atoms with Crippen LogP contribution in [0, 0.1) is 0 Å². The topological polar surface area (TPSA) is 67.9 Å². The van der Waals surface area contributed by atoms with Crippen LogP contribution in [0.4, 0.5) is 0 Å². The van der Waals surface area contributed by atoms with Crippen LogP contribution < -0.4 is 14.8 Å². The van der Waals surface area contributed by atoms with Crippen molar-refractivity contribution in [1.29, 1.82) is 0 Å². The van der Waals surface area contributed by atoms with Crippen LogP contribution >= 0.6 is 15.9 Å².